The van der Waals surface area contributed by atoms with Crippen molar-refractivity contribution < 1.29 is 27.2 Å². The van der Waals surface area contributed by atoms with Gasteiger partial charge in [-0.15, -0.1) is 0 Å². The summed E-state index contributed by atoms with van der Waals surface area (Å²) in [6.45, 7) is 0.992. The van der Waals surface area contributed by atoms with Gasteiger partial charge in [-0.05, 0) is 26.2 Å². The quantitative estimate of drug-likeness (QED) is 0.615. The summed E-state index contributed by atoms with van der Waals surface area (Å²) >= 11 is 0. The van der Waals surface area contributed by atoms with Crippen LogP contribution >= 0.6 is 0 Å². The lowest BCUT2D eigenvalue weighted by atomic mass is 10.1. The van der Waals surface area contributed by atoms with Crippen molar-refractivity contribution in [2.45, 2.75) is 51.1 Å². The Morgan fingerprint density at radius 3 is 2.61 bits per heavy atom. The molecule has 1 amide bonds. The Hall–Kier alpha value is -2.69. The highest BCUT2D eigenvalue weighted by Crippen LogP contribution is 2.29. The van der Waals surface area contributed by atoms with Crippen LogP contribution in [-0.2, 0) is 26.4 Å². The number of ether oxygens (including phenoxy) is 1. The van der Waals surface area contributed by atoms with Gasteiger partial charge < -0.3 is 18.6 Å². The van der Waals surface area contributed by atoms with Crippen molar-refractivity contribution in [3.05, 3.63) is 28.0 Å². The fraction of sp³-hybridized carbons (Fsp3) is 0.600. The van der Waals surface area contributed by atoms with Gasteiger partial charge in [0.1, 0.15) is 23.0 Å². The highest BCUT2D eigenvalue weighted by Gasteiger charge is 2.39. The van der Waals surface area contributed by atoms with Crippen LogP contribution < -0.4 is 5.56 Å². The monoisotopic (exact) mass is 451 g/mol. The molecule has 4 rings (SSSR count). The van der Waals surface area contributed by atoms with Crippen molar-refractivity contribution in [2.24, 2.45) is 7.05 Å². The Morgan fingerprint density at radius 1 is 1.26 bits per heavy atom. The largest absolute Gasteiger partial charge is 0.452 e. The van der Waals surface area contributed by atoms with Gasteiger partial charge >= 0.3 is 5.97 Å². The van der Waals surface area contributed by atoms with E-state index < -0.39 is 39.9 Å². The maximum absolute atomic E-state index is 13.0. The first-order valence-electron chi connectivity index (χ1n) is 10.3. The zero-order valence-electron chi connectivity index (χ0n) is 17.5. The average molecular weight is 452 g/mol. The molecule has 168 valence electrons. The summed E-state index contributed by atoms with van der Waals surface area (Å²) < 4.78 is 35.8. The number of furan rings is 1. The van der Waals surface area contributed by atoms with Gasteiger partial charge in [-0.1, -0.05) is 12.8 Å². The number of nitrogens with zero attached hydrogens (tertiary/aromatic N) is 3. The van der Waals surface area contributed by atoms with Gasteiger partial charge in [-0.25, -0.2) is 18.2 Å². The van der Waals surface area contributed by atoms with Crippen LogP contribution in [0.15, 0.2) is 15.5 Å². The van der Waals surface area contributed by atoms with Crippen LogP contribution in [0, 0.1) is 6.92 Å². The van der Waals surface area contributed by atoms with Crippen LogP contribution in [0.2, 0.25) is 0 Å². The summed E-state index contributed by atoms with van der Waals surface area (Å²) in [7, 11) is -1.66. The predicted molar refractivity (Wildman–Crippen MR) is 110 cm³/mol. The second-order valence-electron chi connectivity index (χ2n) is 8.25. The second kappa shape index (κ2) is 8.10. The molecule has 11 heteroatoms. The summed E-state index contributed by atoms with van der Waals surface area (Å²) in [5.74, 6) is -1.09. The van der Waals surface area contributed by atoms with Gasteiger partial charge in [0.2, 0.25) is 5.71 Å². The molecule has 0 radical (unpaired) electrons. The second-order valence-corrected chi connectivity index (χ2v) is 10.5. The molecule has 2 aliphatic rings. The van der Waals surface area contributed by atoms with Gasteiger partial charge in [-0.3, -0.25) is 9.59 Å². The molecular formula is C20H25N3O7S. The van der Waals surface area contributed by atoms with E-state index in [9.17, 15) is 22.8 Å². The summed E-state index contributed by atoms with van der Waals surface area (Å²) in [5, 5.41) is 0.00878. The third kappa shape index (κ3) is 4.10. The molecule has 1 unspecified atom stereocenters. The van der Waals surface area contributed by atoms with E-state index in [2.05, 4.69) is 4.98 Å². The first-order valence-corrected chi connectivity index (χ1v) is 12.1. The van der Waals surface area contributed by atoms with Gasteiger partial charge in [0, 0.05) is 19.1 Å². The van der Waals surface area contributed by atoms with Crippen molar-refractivity contribution in [3.8, 4) is 0 Å². The maximum Gasteiger partial charge on any atom is 0.343 e. The Morgan fingerprint density at radius 2 is 1.97 bits per heavy atom. The SMILES string of the molecule is Cc1oc2ncn(C)c(=O)c2c1C(=O)OCC(=O)N(C1CCCC1)C1CCS(=O)(=O)C1. The van der Waals surface area contributed by atoms with Crippen LogP contribution in [-0.4, -0.2) is 64.9 Å². The Kier molecular flexibility index (Phi) is 5.63. The van der Waals surface area contributed by atoms with E-state index in [0.29, 0.717) is 6.42 Å². The molecule has 1 saturated heterocycles. The molecule has 0 bridgehead atoms. The van der Waals surface area contributed by atoms with Crippen LogP contribution in [0.25, 0.3) is 11.1 Å². The molecule has 1 aliphatic carbocycles. The molecule has 1 saturated carbocycles. The Bertz CT molecular complexity index is 1190. The van der Waals surface area contributed by atoms with Crippen molar-refractivity contribution in [1.29, 1.82) is 0 Å². The lowest BCUT2D eigenvalue weighted by molar-refractivity contribution is -0.139. The lowest BCUT2D eigenvalue weighted by Crippen LogP contribution is -2.48. The minimum absolute atomic E-state index is 0.00878. The number of hydrogen-bond acceptors (Lipinski definition) is 8. The number of rotatable bonds is 5. The molecule has 0 N–H and O–H groups in total. The van der Waals surface area contributed by atoms with E-state index in [1.807, 2.05) is 0 Å². The van der Waals surface area contributed by atoms with E-state index >= 15 is 0 Å². The molecule has 0 spiro atoms. The van der Waals surface area contributed by atoms with Crippen LogP contribution in [0.3, 0.4) is 0 Å². The van der Waals surface area contributed by atoms with Crippen molar-refractivity contribution >= 4 is 32.8 Å². The minimum atomic E-state index is -3.17. The number of hydrogen-bond donors (Lipinski definition) is 0. The number of aryl methyl sites for hydroxylation is 2. The van der Waals surface area contributed by atoms with Gasteiger partial charge in [0.15, 0.2) is 16.4 Å². The molecule has 10 nitrogen and oxygen atoms in total. The Balaban J connectivity index is 1.54. The summed E-state index contributed by atoms with van der Waals surface area (Å²) in [6, 6.07) is -0.440. The maximum atomic E-state index is 13.0. The Labute approximate surface area is 179 Å². The van der Waals surface area contributed by atoms with E-state index in [1.165, 1.54) is 24.9 Å². The number of amides is 1. The third-order valence-electron chi connectivity index (χ3n) is 6.09. The van der Waals surface area contributed by atoms with E-state index in [1.54, 1.807) is 4.90 Å². The summed E-state index contributed by atoms with van der Waals surface area (Å²) in [5.41, 5.74) is -0.473. The van der Waals surface area contributed by atoms with Crippen molar-refractivity contribution in [2.75, 3.05) is 18.1 Å². The molecular weight excluding hydrogens is 426 g/mol. The molecule has 3 heterocycles. The van der Waals surface area contributed by atoms with Crippen LogP contribution in [0.1, 0.15) is 48.2 Å². The molecule has 0 aromatic carbocycles. The molecule has 1 aliphatic heterocycles. The highest BCUT2D eigenvalue weighted by molar-refractivity contribution is 7.91. The zero-order valence-corrected chi connectivity index (χ0v) is 18.3. The fourth-order valence-electron chi connectivity index (χ4n) is 4.59. The fourth-order valence-corrected chi connectivity index (χ4v) is 6.30. The third-order valence-corrected chi connectivity index (χ3v) is 7.84. The standard InChI is InChI=1S/C20H25N3O7S/c1-12-16(17-18(30-12)21-11-22(2)19(17)25)20(26)29-9-15(24)23(13-5-3-4-6-13)14-7-8-31(27,28)10-14/h11,13-14H,3-10H2,1-2H3. The van der Waals surface area contributed by atoms with Gasteiger partial charge in [0.25, 0.3) is 11.5 Å². The first kappa shape index (κ1) is 21.5. The predicted octanol–water partition coefficient (Wildman–Crippen LogP) is 0.950. The number of sulfone groups is 1. The number of aromatic nitrogens is 2. The topological polar surface area (TPSA) is 129 Å². The van der Waals surface area contributed by atoms with Gasteiger partial charge in [-0.2, -0.15) is 0 Å². The number of carbonyl (C=O) groups excluding carboxylic acids is 2. The van der Waals surface area contributed by atoms with E-state index in [0.717, 1.165) is 25.7 Å². The number of esters is 1. The number of fused-ring (bicyclic) bond motifs is 1. The van der Waals surface area contributed by atoms with Crippen molar-refractivity contribution in [3.63, 3.8) is 0 Å². The molecule has 2 aromatic heterocycles. The van der Waals surface area contributed by atoms with Crippen LogP contribution in [0.4, 0.5) is 0 Å². The normalized spacial score (nSPS) is 20.9. The van der Waals surface area contributed by atoms with E-state index in [-0.39, 0.29) is 40.0 Å². The highest BCUT2D eigenvalue weighted by atomic mass is 32.2. The molecule has 31 heavy (non-hydrogen) atoms. The smallest absolute Gasteiger partial charge is 0.343 e. The molecule has 2 fully saturated rings. The molecule has 2 aromatic rings. The lowest BCUT2D eigenvalue weighted by Gasteiger charge is -2.33. The number of carbonyl (C=O) groups is 2. The minimum Gasteiger partial charge on any atom is -0.452 e. The average Bonchev–Trinajstić information content (AvgIpc) is 3.43. The van der Waals surface area contributed by atoms with Gasteiger partial charge in [0.05, 0.1) is 11.5 Å². The summed E-state index contributed by atoms with van der Waals surface area (Å²) in [4.78, 5) is 43.8. The van der Waals surface area contributed by atoms with E-state index in [4.69, 9.17) is 9.15 Å². The molecule has 1 atom stereocenters. The summed E-state index contributed by atoms with van der Waals surface area (Å²) in [6.07, 6.45) is 5.26. The first-order chi connectivity index (χ1) is 14.7. The van der Waals surface area contributed by atoms with Crippen molar-refractivity contribution in [1.82, 2.24) is 14.5 Å². The van der Waals surface area contributed by atoms with Crippen LogP contribution in [0.5, 0.6) is 0 Å². The zero-order chi connectivity index (χ0) is 22.3.